The molecule has 5 heteroatoms. The van der Waals surface area contributed by atoms with Crippen LogP contribution >= 0.6 is 11.3 Å². The zero-order valence-electron chi connectivity index (χ0n) is 12.3. The number of carbonyl (C=O) groups is 1. The quantitative estimate of drug-likeness (QED) is 0.892. The Morgan fingerprint density at radius 2 is 2.10 bits per heavy atom. The van der Waals surface area contributed by atoms with Crippen LogP contribution in [0.4, 0.5) is 0 Å². The number of aromatic nitrogens is 1. The van der Waals surface area contributed by atoms with Crippen molar-refractivity contribution in [2.75, 3.05) is 6.54 Å². The van der Waals surface area contributed by atoms with E-state index in [9.17, 15) is 9.90 Å². The van der Waals surface area contributed by atoms with E-state index in [4.69, 9.17) is 0 Å². The largest absolute Gasteiger partial charge is 0.388 e. The van der Waals surface area contributed by atoms with Crippen molar-refractivity contribution in [3.05, 3.63) is 52.5 Å². The van der Waals surface area contributed by atoms with E-state index in [1.807, 2.05) is 37.3 Å². The lowest BCUT2D eigenvalue weighted by atomic mass is 10.0. The molecule has 0 bridgehead atoms. The number of aliphatic hydroxyl groups is 1. The summed E-state index contributed by atoms with van der Waals surface area (Å²) in [5.74, 6) is -0.145. The molecule has 0 aliphatic carbocycles. The minimum Gasteiger partial charge on any atom is -0.388 e. The fourth-order valence-electron chi connectivity index (χ4n) is 2.01. The van der Waals surface area contributed by atoms with E-state index in [2.05, 4.69) is 4.98 Å². The summed E-state index contributed by atoms with van der Waals surface area (Å²) in [6.07, 6.45) is 0.586. The Bertz CT molecular complexity index is 567. The Kier molecular flexibility index (Phi) is 5.09. The van der Waals surface area contributed by atoms with E-state index in [-0.39, 0.29) is 12.5 Å². The lowest BCUT2D eigenvalue weighted by Gasteiger charge is -2.30. The Labute approximate surface area is 129 Å². The predicted octanol–water partition coefficient (Wildman–Crippen LogP) is 2.95. The summed E-state index contributed by atoms with van der Waals surface area (Å²) in [4.78, 5) is 18.3. The number of rotatable bonds is 6. The maximum atomic E-state index is 12.6. The standard InChI is InChI=1S/C16H20N2O2S/c1-3-16(2,20)11-18(9-13-7-5-4-6-8-13)15(19)14-10-21-12-17-14/h4-8,10,12,20H,3,9,11H2,1-2H3. The Hall–Kier alpha value is -1.72. The lowest BCUT2D eigenvalue weighted by Crippen LogP contribution is -2.43. The highest BCUT2D eigenvalue weighted by Crippen LogP contribution is 2.16. The van der Waals surface area contributed by atoms with Gasteiger partial charge in [0.15, 0.2) is 0 Å². The van der Waals surface area contributed by atoms with Crippen molar-refractivity contribution in [2.45, 2.75) is 32.4 Å². The number of carbonyl (C=O) groups excluding carboxylic acids is 1. The molecule has 4 nitrogen and oxygen atoms in total. The number of hydrogen-bond donors (Lipinski definition) is 1. The Morgan fingerprint density at radius 1 is 1.38 bits per heavy atom. The van der Waals surface area contributed by atoms with Crippen molar-refractivity contribution in [3.63, 3.8) is 0 Å². The van der Waals surface area contributed by atoms with Gasteiger partial charge in [-0.3, -0.25) is 4.79 Å². The van der Waals surface area contributed by atoms with Gasteiger partial charge in [-0.15, -0.1) is 11.3 Å². The summed E-state index contributed by atoms with van der Waals surface area (Å²) in [5.41, 5.74) is 2.21. The third-order valence-electron chi connectivity index (χ3n) is 3.45. The molecule has 2 aromatic rings. The van der Waals surface area contributed by atoms with Crippen LogP contribution in [0.3, 0.4) is 0 Å². The molecule has 2 rings (SSSR count). The zero-order chi connectivity index (χ0) is 15.3. The minimum absolute atomic E-state index is 0.145. The van der Waals surface area contributed by atoms with E-state index < -0.39 is 5.60 Å². The summed E-state index contributed by atoms with van der Waals surface area (Å²) in [6.45, 7) is 4.41. The average Bonchev–Trinajstić information content (AvgIpc) is 3.01. The van der Waals surface area contributed by atoms with Gasteiger partial charge in [0.25, 0.3) is 5.91 Å². The summed E-state index contributed by atoms with van der Waals surface area (Å²) >= 11 is 1.39. The molecule has 0 fully saturated rings. The summed E-state index contributed by atoms with van der Waals surface area (Å²) in [5, 5.41) is 12.0. The third kappa shape index (κ3) is 4.37. The van der Waals surface area contributed by atoms with Gasteiger partial charge in [0.2, 0.25) is 0 Å². The van der Waals surface area contributed by atoms with Gasteiger partial charge in [-0.05, 0) is 18.9 Å². The van der Waals surface area contributed by atoms with E-state index in [0.29, 0.717) is 18.7 Å². The van der Waals surface area contributed by atoms with Crippen LogP contribution in [0.25, 0.3) is 0 Å². The molecular weight excluding hydrogens is 284 g/mol. The highest BCUT2D eigenvalue weighted by molar-refractivity contribution is 7.07. The van der Waals surface area contributed by atoms with Crippen molar-refractivity contribution in [3.8, 4) is 0 Å². The van der Waals surface area contributed by atoms with Crippen LogP contribution in [0.15, 0.2) is 41.2 Å². The normalized spacial score (nSPS) is 13.7. The summed E-state index contributed by atoms with van der Waals surface area (Å²) in [7, 11) is 0. The fourth-order valence-corrected chi connectivity index (χ4v) is 2.53. The molecule has 1 N–H and O–H groups in total. The molecule has 1 unspecified atom stereocenters. The van der Waals surface area contributed by atoms with Gasteiger partial charge in [-0.1, -0.05) is 37.3 Å². The van der Waals surface area contributed by atoms with Crippen LogP contribution in [0, 0.1) is 0 Å². The SMILES string of the molecule is CCC(C)(O)CN(Cc1ccccc1)C(=O)c1cscn1. The van der Waals surface area contributed by atoms with Gasteiger partial charge >= 0.3 is 0 Å². The van der Waals surface area contributed by atoms with Gasteiger partial charge in [0.1, 0.15) is 5.69 Å². The maximum Gasteiger partial charge on any atom is 0.273 e. The van der Waals surface area contributed by atoms with E-state index in [1.165, 1.54) is 11.3 Å². The molecule has 0 aliphatic rings. The molecule has 1 aromatic carbocycles. The first-order chi connectivity index (χ1) is 10.0. The third-order valence-corrected chi connectivity index (χ3v) is 4.03. The second-order valence-electron chi connectivity index (χ2n) is 5.37. The van der Waals surface area contributed by atoms with Crippen LogP contribution in [0.5, 0.6) is 0 Å². The smallest absolute Gasteiger partial charge is 0.273 e. The van der Waals surface area contributed by atoms with Crippen LogP contribution in [-0.2, 0) is 6.54 Å². The van der Waals surface area contributed by atoms with Gasteiger partial charge in [0.05, 0.1) is 11.1 Å². The van der Waals surface area contributed by atoms with Gasteiger partial charge in [-0.2, -0.15) is 0 Å². The molecule has 0 saturated carbocycles. The number of nitrogens with zero attached hydrogens (tertiary/aromatic N) is 2. The number of thiazole rings is 1. The predicted molar refractivity (Wildman–Crippen MR) is 84.2 cm³/mol. The molecule has 0 radical (unpaired) electrons. The average molecular weight is 304 g/mol. The topological polar surface area (TPSA) is 53.4 Å². The van der Waals surface area contributed by atoms with Crippen LogP contribution in [0.2, 0.25) is 0 Å². The van der Waals surface area contributed by atoms with E-state index in [0.717, 1.165) is 5.56 Å². The Morgan fingerprint density at radius 3 is 2.67 bits per heavy atom. The van der Waals surface area contributed by atoms with E-state index in [1.54, 1.807) is 22.7 Å². The molecule has 1 amide bonds. The first kappa shape index (κ1) is 15.7. The zero-order valence-corrected chi connectivity index (χ0v) is 13.1. The number of amides is 1. The van der Waals surface area contributed by atoms with E-state index >= 15 is 0 Å². The molecule has 0 aliphatic heterocycles. The van der Waals surface area contributed by atoms with Crippen molar-refractivity contribution in [2.24, 2.45) is 0 Å². The second kappa shape index (κ2) is 6.83. The van der Waals surface area contributed by atoms with Crippen LogP contribution < -0.4 is 0 Å². The van der Waals surface area contributed by atoms with Gasteiger partial charge in [0, 0.05) is 18.5 Å². The van der Waals surface area contributed by atoms with Gasteiger partial charge < -0.3 is 10.0 Å². The van der Waals surface area contributed by atoms with Crippen LogP contribution in [0.1, 0.15) is 36.3 Å². The highest BCUT2D eigenvalue weighted by Gasteiger charge is 2.26. The molecule has 1 heterocycles. The van der Waals surface area contributed by atoms with Crippen molar-refractivity contribution < 1.29 is 9.90 Å². The molecule has 1 atom stereocenters. The van der Waals surface area contributed by atoms with Crippen molar-refractivity contribution in [1.29, 1.82) is 0 Å². The highest BCUT2D eigenvalue weighted by atomic mass is 32.1. The second-order valence-corrected chi connectivity index (χ2v) is 6.09. The molecule has 1 aromatic heterocycles. The maximum absolute atomic E-state index is 12.6. The summed E-state index contributed by atoms with van der Waals surface area (Å²) in [6, 6.07) is 9.78. The first-order valence-electron chi connectivity index (χ1n) is 6.95. The molecule has 21 heavy (non-hydrogen) atoms. The van der Waals surface area contributed by atoms with Crippen molar-refractivity contribution in [1.82, 2.24) is 9.88 Å². The molecule has 112 valence electrons. The molecule has 0 spiro atoms. The lowest BCUT2D eigenvalue weighted by molar-refractivity contribution is 0.0133. The minimum atomic E-state index is -0.902. The monoisotopic (exact) mass is 304 g/mol. The van der Waals surface area contributed by atoms with Crippen molar-refractivity contribution >= 4 is 17.2 Å². The Balaban J connectivity index is 2.20. The van der Waals surface area contributed by atoms with Gasteiger partial charge in [-0.25, -0.2) is 4.98 Å². The molecular formula is C16H20N2O2S. The summed E-state index contributed by atoms with van der Waals surface area (Å²) < 4.78 is 0. The first-order valence-corrected chi connectivity index (χ1v) is 7.90. The van der Waals surface area contributed by atoms with Crippen LogP contribution in [-0.4, -0.2) is 33.0 Å². The molecule has 0 saturated heterocycles. The number of hydrogen-bond acceptors (Lipinski definition) is 4. The fraction of sp³-hybridized carbons (Fsp3) is 0.375. The number of benzene rings is 1.